The minimum absolute atomic E-state index is 0.226. The standard InChI is InChI=1S/C32H39N2S6.C29H30N2O3S5/c1-9-33-22-14-26(35-5)28(37-7)16-24(22)39-30(33)12-20-11-21(19-32(3,4)18-20)13-31-34(10-2)23-15-27(36-6)29(38-8)17-25(23)40-31;1-5-19(15-27-30(2)22-17-25(35-3)26(36-4)18-24(22)38-27)16-28-31(13-8-14-39(32,33)34)29-21-10-7-6-9-20(21)11-12-23(29)37-28/h11-17H,9-10,18-19H2,1-8H3;6-7,9-12,15-18H,5,8,13-14H2,1-4H3/q+1;. The van der Waals surface area contributed by atoms with Gasteiger partial charge in [0.2, 0.25) is 11.0 Å². The quantitative estimate of drug-likeness (QED) is 0.0494. The lowest BCUT2D eigenvalue weighted by Gasteiger charge is -2.31. The summed E-state index contributed by atoms with van der Waals surface area (Å²) in [7, 11) is -2.15. The molecule has 7 nitrogen and oxygen atoms in total. The van der Waals surface area contributed by atoms with Gasteiger partial charge in [0, 0.05) is 83.1 Å². The molecule has 0 spiro atoms. The number of allylic oxidation sites excluding steroid dienone is 6. The average Bonchev–Trinajstić information content (AvgIpc) is 4.37. The van der Waals surface area contributed by atoms with E-state index in [0.29, 0.717) is 6.54 Å². The maximum absolute atomic E-state index is 11.4. The predicted molar refractivity (Wildman–Crippen MR) is 357 cm³/mol. The molecule has 10 rings (SSSR count). The Kier molecular flexibility index (Phi) is 20.3. The van der Waals surface area contributed by atoms with Crippen molar-refractivity contribution in [2.24, 2.45) is 5.41 Å². The molecule has 2 aromatic heterocycles. The molecule has 0 fully saturated rings. The van der Waals surface area contributed by atoms with E-state index in [1.165, 1.54) is 92.5 Å². The molecule has 2 aliphatic heterocycles. The molecule has 7 aromatic rings. The van der Waals surface area contributed by atoms with Gasteiger partial charge in [-0.25, -0.2) is 8.42 Å². The molecule has 0 amide bonds. The van der Waals surface area contributed by atoms with E-state index in [-0.39, 0.29) is 17.6 Å². The van der Waals surface area contributed by atoms with Crippen LogP contribution in [0.5, 0.6) is 0 Å². The van der Waals surface area contributed by atoms with Crippen molar-refractivity contribution in [2.45, 2.75) is 113 Å². The molecule has 79 heavy (non-hydrogen) atoms. The van der Waals surface area contributed by atoms with Gasteiger partial charge >= 0.3 is 0 Å². The first-order valence-electron chi connectivity index (χ1n) is 26.3. The topological polar surface area (TPSA) is 71.4 Å². The first-order chi connectivity index (χ1) is 37.9. The number of benzene rings is 5. The molecular weight excluding hydrogens is 1190 g/mol. The highest BCUT2D eigenvalue weighted by molar-refractivity contribution is 8.04. The monoisotopic (exact) mass is 1260 g/mol. The summed E-state index contributed by atoms with van der Waals surface area (Å²) in [6.07, 6.45) is 28.2. The molecule has 5 aromatic carbocycles. The van der Waals surface area contributed by atoms with E-state index in [2.05, 4.69) is 189 Å². The van der Waals surface area contributed by atoms with E-state index in [4.69, 9.17) is 0 Å². The van der Waals surface area contributed by atoms with Gasteiger partial charge in [-0.3, -0.25) is 0 Å². The number of aromatic nitrogens is 2. The second-order valence-electron chi connectivity index (χ2n) is 20.1. The van der Waals surface area contributed by atoms with E-state index in [0.717, 1.165) is 58.3 Å². The van der Waals surface area contributed by atoms with E-state index >= 15 is 0 Å². The Bertz CT molecular complexity index is 3740. The number of hydrogen-bond donors (Lipinski definition) is 0. The maximum atomic E-state index is 11.4. The Morgan fingerprint density at radius 1 is 0.709 bits per heavy atom. The first kappa shape index (κ1) is 60.7. The van der Waals surface area contributed by atoms with Crippen molar-refractivity contribution in [1.29, 1.82) is 0 Å². The van der Waals surface area contributed by atoms with Gasteiger partial charge in [-0.2, -0.15) is 9.13 Å². The van der Waals surface area contributed by atoms with Crippen molar-refractivity contribution in [3.8, 4) is 0 Å². The van der Waals surface area contributed by atoms with Crippen LogP contribution in [0.25, 0.3) is 43.4 Å². The van der Waals surface area contributed by atoms with Crippen LogP contribution in [0.3, 0.4) is 0 Å². The van der Waals surface area contributed by atoms with Crippen LogP contribution in [0, 0.1) is 5.41 Å². The summed E-state index contributed by atoms with van der Waals surface area (Å²) in [5.74, 6) is -0.369. The number of thioether (sulfide) groups is 8. The van der Waals surface area contributed by atoms with Crippen molar-refractivity contribution in [2.75, 3.05) is 66.7 Å². The molecule has 0 radical (unpaired) electrons. The molecule has 0 saturated heterocycles. The molecule has 18 heteroatoms. The molecule has 0 atom stereocenters. The fourth-order valence-corrected chi connectivity index (χ4v) is 20.5. The van der Waals surface area contributed by atoms with Crippen LogP contribution in [0.15, 0.2) is 157 Å². The minimum atomic E-state index is -4.27. The Hall–Kier alpha value is -2.85. The SMILES string of the molecule is CCC(=C/c1sc2ccc3ccccc3c2[n+]1CCCS(=O)(=O)[O-])/C=C1/Sc2cc(SC)c(SC)cc2N1C.CCN1C(=CC2=CC(=Cc3sc4cc(SC)c(SC)cc4[n+]3CC)CC(C)(C)C2)Sc2cc(SC)c(SC)cc21. The summed E-state index contributed by atoms with van der Waals surface area (Å²) in [5, 5.41) is 7.20. The number of anilines is 2. The third-order valence-corrected chi connectivity index (χ3v) is 24.5. The van der Waals surface area contributed by atoms with Gasteiger partial charge in [-0.1, -0.05) is 97.3 Å². The third kappa shape index (κ3) is 13.6. The summed E-state index contributed by atoms with van der Waals surface area (Å²) in [4.78, 5) is 15.5. The lowest BCUT2D eigenvalue weighted by atomic mass is 9.75. The van der Waals surface area contributed by atoms with Gasteiger partial charge in [0.15, 0.2) is 6.54 Å². The summed E-state index contributed by atoms with van der Waals surface area (Å²) in [6, 6.07) is 26.6. The summed E-state index contributed by atoms with van der Waals surface area (Å²) < 4.78 is 41.3. The van der Waals surface area contributed by atoms with Crippen molar-refractivity contribution in [3.63, 3.8) is 0 Å². The Labute approximate surface area is 511 Å². The fourth-order valence-electron chi connectivity index (χ4n) is 10.5. The molecule has 0 unspecified atom stereocenters. The van der Waals surface area contributed by atoms with Crippen molar-refractivity contribution >= 4 is 182 Å². The van der Waals surface area contributed by atoms with E-state index in [1.54, 1.807) is 46.6 Å². The normalized spacial score (nSPS) is 16.9. The lowest BCUT2D eigenvalue weighted by Crippen LogP contribution is -2.36. The van der Waals surface area contributed by atoms with E-state index in [9.17, 15) is 13.0 Å². The molecule has 1 aliphatic carbocycles. The van der Waals surface area contributed by atoms with Crippen LogP contribution in [0.4, 0.5) is 11.4 Å². The zero-order valence-electron chi connectivity index (χ0n) is 47.0. The smallest absolute Gasteiger partial charge is 0.263 e. The average molecular weight is 1260 g/mol. The van der Waals surface area contributed by atoms with Crippen LogP contribution >= 0.6 is 117 Å². The van der Waals surface area contributed by atoms with Gasteiger partial charge in [0.1, 0.15) is 15.9 Å². The largest absolute Gasteiger partial charge is 0.748 e. The number of fused-ring (bicyclic) bond motifs is 6. The Balaban J connectivity index is 0.000000192. The predicted octanol–water partition coefficient (Wildman–Crippen LogP) is 18.3. The summed E-state index contributed by atoms with van der Waals surface area (Å²) in [5.41, 5.74) is 9.31. The molecule has 0 bridgehead atoms. The van der Waals surface area contributed by atoms with Crippen LogP contribution in [0.1, 0.15) is 70.3 Å². The highest BCUT2D eigenvalue weighted by atomic mass is 32.2. The molecule has 416 valence electrons. The number of rotatable bonds is 17. The molecule has 3 aliphatic rings. The number of aryl methyl sites for hydroxylation is 2. The van der Waals surface area contributed by atoms with Crippen LogP contribution < -0.4 is 18.9 Å². The molecule has 0 saturated carbocycles. The van der Waals surface area contributed by atoms with Gasteiger partial charge in [0.05, 0.1) is 36.9 Å². The van der Waals surface area contributed by atoms with Gasteiger partial charge in [0.25, 0.3) is 10.0 Å². The molecule has 0 N–H and O–H groups in total. The highest BCUT2D eigenvalue weighted by Crippen LogP contribution is 2.52. The third-order valence-electron chi connectivity index (χ3n) is 14.2. The van der Waals surface area contributed by atoms with E-state index in [1.807, 2.05) is 82.3 Å². The van der Waals surface area contributed by atoms with Crippen molar-refractivity contribution in [1.82, 2.24) is 0 Å². The molecule has 4 heterocycles. The second-order valence-corrected chi connectivity index (χ2v) is 30.9. The Morgan fingerprint density at radius 2 is 1.32 bits per heavy atom. The van der Waals surface area contributed by atoms with Crippen LogP contribution in [0.2, 0.25) is 0 Å². The maximum Gasteiger partial charge on any atom is 0.263 e. The van der Waals surface area contributed by atoms with Crippen molar-refractivity contribution < 1.29 is 22.1 Å². The number of nitrogens with zero attached hydrogens (tertiary/aromatic N) is 4. The summed E-state index contributed by atoms with van der Waals surface area (Å²) >= 11 is 18.3. The van der Waals surface area contributed by atoms with Crippen molar-refractivity contribution in [3.05, 3.63) is 128 Å². The zero-order chi connectivity index (χ0) is 56.3. The summed E-state index contributed by atoms with van der Waals surface area (Å²) in [6.45, 7) is 14.0. The fraction of sp³-hybridized carbons (Fsp3) is 0.344. The van der Waals surface area contributed by atoms with E-state index < -0.39 is 10.1 Å². The van der Waals surface area contributed by atoms with Crippen LogP contribution in [-0.4, -0.2) is 69.9 Å². The number of thiazole rings is 2. The van der Waals surface area contributed by atoms with Crippen LogP contribution in [-0.2, 0) is 23.2 Å². The second kappa shape index (κ2) is 26.4. The first-order valence-corrected chi connectivity index (χ1v) is 38.5. The van der Waals surface area contributed by atoms with Gasteiger partial charge in [-0.15, -0.1) is 70.6 Å². The van der Waals surface area contributed by atoms with Gasteiger partial charge in [-0.05, 0) is 153 Å². The molecular formula is C61H69N4O3S11+. The Morgan fingerprint density at radius 3 is 1.96 bits per heavy atom. The number of hydrogen-bond acceptors (Lipinski definition) is 15. The lowest BCUT2D eigenvalue weighted by molar-refractivity contribution is -0.667. The van der Waals surface area contributed by atoms with Gasteiger partial charge < -0.3 is 14.4 Å². The minimum Gasteiger partial charge on any atom is -0.748 e. The highest BCUT2D eigenvalue weighted by Gasteiger charge is 2.31. The zero-order valence-corrected chi connectivity index (χ0v) is 56.0.